The number of nitrogen functional groups attached to an aromatic ring is 1. The van der Waals surface area contributed by atoms with E-state index < -0.39 is 0 Å². The Bertz CT molecular complexity index is 425. The fourth-order valence-electron chi connectivity index (χ4n) is 1.46. The lowest BCUT2D eigenvalue weighted by molar-refractivity contribution is 1.07. The van der Waals surface area contributed by atoms with Crippen LogP contribution in [0.25, 0.3) is 0 Å². The van der Waals surface area contributed by atoms with Crippen molar-refractivity contribution in [3.63, 3.8) is 0 Å². The Balaban J connectivity index is 2.22. The van der Waals surface area contributed by atoms with Crippen LogP contribution in [0.4, 0.5) is 5.69 Å². The molecule has 1 heterocycles. The second-order valence-electron chi connectivity index (χ2n) is 3.39. The number of halogens is 1. The molecule has 0 fully saturated rings. The van der Waals surface area contributed by atoms with Gasteiger partial charge in [0.1, 0.15) is 0 Å². The van der Waals surface area contributed by atoms with Crippen LogP contribution in [0.1, 0.15) is 11.3 Å². The van der Waals surface area contributed by atoms with Crippen LogP contribution >= 0.6 is 11.6 Å². The normalized spacial score (nSPS) is 10.2. The zero-order chi connectivity index (χ0) is 10.7. The van der Waals surface area contributed by atoms with Crippen LogP contribution in [0.2, 0.25) is 5.02 Å². The predicted octanol–water partition coefficient (Wildman–Crippen LogP) is 2.91. The standard InChI is InChI=1S/C12H11ClN2/c13-10-4-5-15-12(8-10)7-9-2-1-3-11(14)6-9/h1-6,8H,7,14H2. The summed E-state index contributed by atoms with van der Waals surface area (Å²) in [6.07, 6.45) is 2.47. The zero-order valence-electron chi connectivity index (χ0n) is 8.15. The summed E-state index contributed by atoms with van der Waals surface area (Å²) >= 11 is 5.88. The molecule has 76 valence electrons. The van der Waals surface area contributed by atoms with Gasteiger partial charge in [0.25, 0.3) is 0 Å². The molecule has 3 heteroatoms. The van der Waals surface area contributed by atoms with E-state index >= 15 is 0 Å². The summed E-state index contributed by atoms with van der Waals surface area (Å²) in [5, 5.41) is 0.712. The van der Waals surface area contributed by atoms with E-state index in [1.54, 1.807) is 12.3 Å². The van der Waals surface area contributed by atoms with Crippen LogP contribution in [-0.2, 0) is 6.42 Å². The quantitative estimate of drug-likeness (QED) is 0.788. The van der Waals surface area contributed by atoms with Crippen molar-refractivity contribution in [2.24, 2.45) is 0 Å². The molecule has 0 saturated carbocycles. The van der Waals surface area contributed by atoms with E-state index in [0.717, 1.165) is 23.4 Å². The Morgan fingerprint density at radius 2 is 2.07 bits per heavy atom. The van der Waals surface area contributed by atoms with Crippen molar-refractivity contribution in [3.05, 3.63) is 58.9 Å². The van der Waals surface area contributed by atoms with Gasteiger partial charge < -0.3 is 5.73 Å². The summed E-state index contributed by atoms with van der Waals surface area (Å²) in [5.74, 6) is 0. The maximum atomic E-state index is 5.88. The van der Waals surface area contributed by atoms with Crippen LogP contribution < -0.4 is 5.73 Å². The fourth-order valence-corrected chi connectivity index (χ4v) is 1.64. The third kappa shape index (κ3) is 2.70. The lowest BCUT2D eigenvalue weighted by Crippen LogP contribution is -1.93. The number of anilines is 1. The SMILES string of the molecule is Nc1cccc(Cc2cc(Cl)ccn2)c1. The van der Waals surface area contributed by atoms with E-state index in [-0.39, 0.29) is 0 Å². The van der Waals surface area contributed by atoms with Gasteiger partial charge >= 0.3 is 0 Å². The van der Waals surface area contributed by atoms with Crippen LogP contribution in [0.3, 0.4) is 0 Å². The molecule has 0 spiro atoms. The van der Waals surface area contributed by atoms with Gasteiger partial charge in [-0.1, -0.05) is 23.7 Å². The number of nitrogens with zero attached hydrogens (tertiary/aromatic N) is 1. The van der Waals surface area contributed by atoms with Crippen molar-refractivity contribution >= 4 is 17.3 Å². The van der Waals surface area contributed by atoms with Gasteiger partial charge in [-0.25, -0.2) is 0 Å². The monoisotopic (exact) mass is 218 g/mol. The second-order valence-corrected chi connectivity index (χ2v) is 3.82. The number of benzene rings is 1. The summed E-state index contributed by atoms with van der Waals surface area (Å²) in [6, 6.07) is 11.4. The Kier molecular flexibility index (Phi) is 2.88. The molecule has 2 nitrogen and oxygen atoms in total. The van der Waals surface area contributed by atoms with E-state index in [9.17, 15) is 0 Å². The predicted molar refractivity (Wildman–Crippen MR) is 62.9 cm³/mol. The zero-order valence-corrected chi connectivity index (χ0v) is 8.91. The maximum Gasteiger partial charge on any atom is 0.0462 e. The lowest BCUT2D eigenvalue weighted by atomic mass is 10.1. The Labute approximate surface area is 93.7 Å². The molecule has 0 radical (unpaired) electrons. The molecule has 0 aliphatic rings. The van der Waals surface area contributed by atoms with Crippen molar-refractivity contribution in [1.29, 1.82) is 0 Å². The molecule has 2 rings (SSSR count). The average molecular weight is 219 g/mol. The summed E-state index contributed by atoms with van der Waals surface area (Å²) in [7, 11) is 0. The number of aromatic nitrogens is 1. The van der Waals surface area contributed by atoms with Gasteiger partial charge in [0.2, 0.25) is 0 Å². The summed E-state index contributed by atoms with van der Waals surface area (Å²) in [5.41, 5.74) is 8.56. The van der Waals surface area contributed by atoms with Gasteiger partial charge in [0, 0.05) is 29.0 Å². The third-order valence-electron chi connectivity index (χ3n) is 2.11. The van der Waals surface area contributed by atoms with Gasteiger partial charge in [0.05, 0.1) is 0 Å². The molecule has 0 aliphatic carbocycles. The first-order chi connectivity index (χ1) is 7.24. The first kappa shape index (κ1) is 9.99. The van der Waals surface area contributed by atoms with E-state index in [4.69, 9.17) is 17.3 Å². The van der Waals surface area contributed by atoms with Gasteiger partial charge in [-0.05, 0) is 29.8 Å². The van der Waals surface area contributed by atoms with Crippen molar-refractivity contribution in [3.8, 4) is 0 Å². The number of pyridine rings is 1. The molecule has 0 bridgehead atoms. The Morgan fingerprint density at radius 3 is 2.80 bits per heavy atom. The molecule has 15 heavy (non-hydrogen) atoms. The minimum atomic E-state index is 0.712. The van der Waals surface area contributed by atoms with E-state index in [1.165, 1.54) is 0 Å². The minimum Gasteiger partial charge on any atom is -0.399 e. The average Bonchev–Trinajstić information content (AvgIpc) is 2.17. The van der Waals surface area contributed by atoms with Crippen LogP contribution in [-0.4, -0.2) is 4.98 Å². The number of hydrogen-bond donors (Lipinski definition) is 1. The minimum absolute atomic E-state index is 0.712. The molecule has 2 aromatic rings. The van der Waals surface area contributed by atoms with Gasteiger partial charge in [-0.2, -0.15) is 0 Å². The van der Waals surface area contributed by atoms with Crippen LogP contribution in [0.15, 0.2) is 42.6 Å². The first-order valence-corrected chi connectivity index (χ1v) is 5.07. The number of rotatable bonds is 2. The smallest absolute Gasteiger partial charge is 0.0462 e. The molecule has 0 unspecified atom stereocenters. The molecule has 0 saturated heterocycles. The fraction of sp³-hybridized carbons (Fsp3) is 0.0833. The number of hydrogen-bond acceptors (Lipinski definition) is 2. The highest BCUT2D eigenvalue weighted by Crippen LogP contribution is 2.14. The molecule has 2 N–H and O–H groups in total. The maximum absolute atomic E-state index is 5.88. The Morgan fingerprint density at radius 1 is 1.20 bits per heavy atom. The molecular formula is C12H11ClN2. The van der Waals surface area contributed by atoms with Crippen molar-refractivity contribution in [2.75, 3.05) is 5.73 Å². The summed E-state index contributed by atoms with van der Waals surface area (Å²) < 4.78 is 0. The number of nitrogens with two attached hydrogens (primary N) is 1. The largest absolute Gasteiger partial charge is 0.399 e. The van der Waals surface area contributed by atoms with E-state index in [2.05, 4.69) is 4.98 Å². The van der Waals surface area contributed by atoms with E-state index in [1.807, 2.05) is 30.3 Å². The summed E-state index contributed by atoms with van der Waals surface area (Å²) in [6.45, 7) is 0. The highest BCUT2D eigenvalue weighted by atomic mass is 35.5. The van der Waals surface area contributed by atoms with Crippen molar-refractivity contribution < 1.29 is 0 Å². The van der Waals surface area contributed by atoms with Gasteiger partial charge in [-0.3, -0.25) is 4.98 Å². The van der Waals surface area contributed by atoms with E-state index in [0.29, 0.717) is 5.02 Å². The topological polar surface area (TPSA) is 38.9 Å². The lowest BCUT2D eigenvalue weighted by Gasteiger charge is -2.02. The molecule has 0 aliphatic heterocycles. The highest BCUT2D eigenvalue weighted by Gasteiger charge is 1.98. The van der Waals surface area contributed by atoms with Gasteiger partial charge in [-0.15, -0.1) is 0 Å². The van der Waals surface area contributed by atoms with Crippen molar-refractivity contribution in [1.82, 2.24) is 4.98 Å². The first-order valence-electron chi connectivity index (χ1n) is 4.69. The summed E-state index contributed by atoms with van der Waals surface area (Å²) in [4.78, 5) is 4.24. The van der Waals surface area contributed by atoms with Crippen LogP contribution in [0, 0.1) is 0 Å². The second kappa shape index (κ2) is 4.32. The molecular weight excluding hydrogens is 208 g/mol. The molecule has 0 amide bonds. The van der Waals surface area contributed by atoms with Gasteiger partial charge in [0.15, 0.2) is 0 Å². The molecule has 0 atom stereocenters. The van der Waals surface area contributed by atoms with Crippen LogP contribution in [0.5, 0.6) is 0 Å². The Hall–Kier alpha value is -1.54. The molecule has 1 aromatic carbocycles. The third-order valence-corrected chi connectivity index (χ3v) is 2.35. The molecule has 1 aromatic heterocycles. The highest BCUT2D eigenvalue weighted by molar-refractivity contribution is 6.30. The van der Waals surface area contributed by atoms with Crippen molar-refractivity contribution in [2.45, 2.75) is 6.42 Å².